The van der Waals surface area contributed by atoms with E-state index in [1.807, 2.05) is 12.1 Å². The van der Waals surface area contributed by atoms with Gasteiger partial charge in [-0.05, 0) is 29.8 Å². The minimum atomic E-state index is 0.0754. The molecule has 0 atom stereocenters. The Morgan fingerprint density at radius 2 is 1.27 bits per heavy atom. The molecule has 2 nitrogen and oxygen atoms in total. The van der Waals surface area contributed by atoms with E-state index in [0.29, 0.717) is 0 Å². The van der Waals surface area contributed by atoms with E-state index < -0.39 is 0 Å². The highest BCUT2D eigenvalue weighted by molar-refractivity contribution is 7.80. The summed E-state index contributed by atoms with van der Waals surface area (Å²) < 4.78 is 0. The van der Waals surface area contributed by atoms with Gasteiger partial charge in [-0.2, -0.15) is 0 Å². The molecule has 0 saturated heterocycles. The average molecular weight is 369 g/mol. The van der Waals surface area contributed by atoms with Gasteiger partial charge in [0.2, 0.25) is 0 Å². The van der Waals surface area contributed by atoms with Crippen LogP contribution in [0.4, 0.5) is 0 Å². The van der Waals surface area contributed by atoms with E-state index in [-0.39, 0.29) is 6.04 Å². The van der Waals surface area contributed by atoms with Gasteiger partial charge in [0.25, 0.3) is 0 Å². The molecule has 0 aliphatic heterocycles. The number of benzene rings is 2. The van der Waals surface area contributed by atoms with E-state index >= 15 is 0 Å². The molecule has 2 aromatic rings. The van der Waals surface area contributed by atoms with Gasteiger partial charge < -0.3 is 10.6 Å². The van der Waals surface area contributed by atoms with Crippen LogP contribution in [0.2, 0.25) is 0 Å². The number of hydrogen-bond donors (Lipinski definition) is 2. The number of hydrogen-bond acceptors (Lipinski definition) is 1. The van der Waals surface area contributed by atoms with E-state index in [4.69, 9.17) is 12.2 Å². The summed E-state index contributed by atoms with van der Waals surface area (Å²) in [5.74, 6) is 0. The third-order valence-electron chi connectivity index (χ3n) is 4.61. The van der Waals surface area contributed by atoms with E-state index in [2.05, 4.69) is 66.1 Å². The molecular formula is C23H32N2S. The Labute approximate surface area is 164 Å². The Kier molecular flexibility index (Phi) is 9.81. The van der Waals surface area contributed by atoms with Crippen molar-refractivity contribution in [2.24, 2.45) is 0 Å². The first kappa shape index (κ1) is 20.4. The molecule has 0 radical (unpaired) electrons. The summed E-state index contributed by atoms with van der Waals surface area (Å²) in [6.07, 6.45) is 9.20. The molecule has 0 fully saturated rings. The van der Waals surface area contributed by atoms with Gasteiger partial charge in [0, 0.05) is 6.54 Å². The molecule has 0 aliphatic carbocycles. The fraction of sp³-hybridized carbons (Fsp3) is 0.435. The molecule has 3 heteroatoms. The lowest BCUT2D eigenvalue weighted by molar-refractivity contribution is 0.584. The fourth-order valence-corrected chi connectivity index (χ4v) is 3.34. The average Bonchev–Trinajstić information content (AvgIpc) is 2.69. The van der Waals surface area contributed by atoms with Crippen LogP contribution in [0.3, 0.4) is 0 Å². The van der Waals surface area contributed by atoms with Crippen LogP contribution in [0.1, 0.15) is 69.0 Å². The fourth-order valence-electron chi connectivity index (χ4n) is 3.12. The van der Waals surface area contributed by atoms with Crippen molar-refractivity contribution in [2.45, 2.75) is 57.9 Å². The van der Waals surface area contributed by atoms with E-state index in [0.717, 1.165) is 11.7 Å². The molecule has 0 bridgehead atoms. The highest BCUT2D eigenvalue weighted by atomic mass is 32.1. The molecule has 0 aromatic heterocycles. The molecule has 0 spiro atoms. The van der Waals surface area contributed by atoms with Gasteiger partial charge in [-0.1, -0.05) is 106 Å². The van der Waals surface area contributed by atoms with Crippen molar-refractivity contribution in [2.75, 3.05) is 6.54 Å². The van der Waals surface area contributed by atoms with E-state index in [1.54, 1.807) is 0 Å². The van der Waals surface area contributed by atoms with Crippen LogP contribution < -0.4 is 10.6 Å². The molecule has 2 N–H and O–H groups in total. The normalized spacial score (nSPS) is 10.7. The lowest BCUT2D eigenvalue weighted by Gasteiger charge is -2.22. The second kappa shape index (κ2) is 12.5. The maximum Gasteiger partial charge on any atom is 0.167 e. The smallest absolute Gasteiger partial charge is 0.167 e. The Hall–Kier alpha value is -1.87. The molecule has 140 valence electrons. The van der Waals surface area contributed by atoms with Gasteiger partial charge in [-0.15, -0.1) is 0 Å². The molecule has 0 aliphatic rings. The monoisotopic (exact) mass is 368 g/mol. The molecule has 0 saturated carbocycles. The highest BCUT2D eigenvalue weighted by Gasteiger charge is 2.14. The molecule has 2 rings (SSSR count). The zero-order valence-electron chi connectivity index (χ0n) is 15.9. The van der Waals surface area contributed by atoms with Gasteiger partial charge in [0.15, 0.2) is 5.11 Å². The van der Waals surface area contributed by atoms with Crippen molar-refractivity contribution in [3.8, 4) is 0 Å². The van der Waals surface area contributed by atoms with Crippen molar-refractivity contribution in [3.05, 3.63) is 71.8 Å². The third kappa shape index (κ3) is 7.57. The van der Waals surface area contributed by atoms with Crippen LogP contribution in [0.5, 0.6) is 0 Å². The van der Waals surface area contributed by atoms with Crippen molar-refractivity contribution < 1.29 is 0 Å². The molecule has 0 unspecified atom stereocenters. The van der Waals surface area contributed by atoms with Crippen LogP contribution in [-0.4, -0.2) is 11.7 Å². The van der Waals surface area contributed by atoms with Crippen LogP contribution in [0.15, 0.2) is 60.7 Å². The van der Waals surface area contributed by atoms with Crippen molar-refractivity contribution in [1.29, 1.82) is 0 Å². The van der Waals surface area contributed by atoms with Gasteiger partial charge >= 0.3 is 0 Å². The maximum absolute atomic E-state index is 5.54. The summed E-state index contributed by atoms with van der Waals surface area (Å²) in [7, 11) is 0. The van der Waals surface area contributed by atoms with Gasteiger partial charge in [0.1, 0.15) is 0 Å². The number of rotatable bonds is 11. The predicted octanol–water partition coefficient (Wildman–Crippen LogP) is 5.99. The first-order valence-corrected chi connectivity index (χ1v) is 10.4. The second-order valence-corrected chi connectivity index (χ2v) is 7.18. The first-order valence-electron chi connectivity index (χ1n) is 9.95. The first-order chi connectivity index (χ1) is 12.8. The molecule has 26 heavy (non-hydrogen) atoms. The molecule has 0 heterocycles. The number of unbranched alkanes of at least 4 members (excludes halogenated alkanes) is 6. The quantitative estimate of drug-likeness (QED) is 0.376. The number of nitrogens with one attached hydrogen (secondary N) is 2. The third-order valence-corrected chi connectivity index (χ3v) is 4.87. The van der Waals surface area contributed by atoms with Crippen LogP contribution in [-0.2, 0) is 0 Å². The topological polar surface area (TPSA) is 24.1 Å². The molecular weight excluding hydrogens is 336 g/mol. The summed E-state index contributed by atoms with van der Waals surface area (Å²) in [6, 6.07) is 21.0. The Morgan fingerprint density at radius 3 is 1.81 bits per heavy atom. The minimum Gasteiger partial charge on any atom is -0.363 e. The van der Waals surface area contributed by atoms with Crippen molar-refractivity contribution in [1.82, 2.24) is 10.6 Å². The van der Waals surface area contributed by atoms with Gasteiger partial charge in [-0.25, -0.2) is 0 Å². The lowest BCUT2D eigenvalue weighted by Crippen LogP contribution is -2.38. The molecule has 2 aromatic carbocycles. The zero-order chi connectivity index (χ0) is 18.5. The van der Waals surface area contributed by atoms with E-state index in [9.17, 15) is 0 Å². The van der Waals surface area contributed by atoms with E-state index in [1.165, 1.54) is 56.1 Å². The largest absolute Gasteiger partial charge is 0.363 e. The standard InChI is InChI=1S/C23H32N2S/c1-2-3-4-5-6-7-14-19-24-23(26)25-22(20-15-10-8-11-16-20)21-17-12-9-13-18-21/h8-13,15-18,22H,2-7,14,19H2,1H3,(H2,24,25,26). The zero-order valence-corrected chi connectivity index (χ0v) is 16.7. The Morgan fingerprint density at radius 1 is 0.769 bits per heavy atom. The maximum atomic E-state index is 5.54. The highest BCUT2D eigenvalue weighted by Crippen LogP contribution is 2.21. The summed E-state index contributed by atoms with van der Waals surface area (Å²) in [5, 5.41) is 7.59. The number of thiocarbonyl (C=S) groups is 1. The molecule has 0 amide bonds. The Balaban J connectivity index is 1.78. The van der Waals surface area contributed by atoms with Crippen LogP contribution in [0, 0.1) is 0 Å². The lowest BCUT2D eigenvalue weighted by atomic mass is 9.99. The van der Waals surface area contributed by atoms with Gasteiger partial charge in [0.05, 0.1) is 6.04 Å². The van der Waals surface area contributed by atoms with Gasteiger partial charge in [-0.3, -0.25) is 0 Å². The summed E-state index contributed by atoms with van der Waals surface area (Å²) in [4.78, 5) is 0. The summed E-state index contributed by atoms with van der Waals surface area (Å²) in [6.45, 7) is 3.20. The van der Waals surface area contributed by atoms with Crippen LogP contribution in [0.25, 0.3) is 0 Å². The summed E-state index contributed by atoms with van der Waals surface area (Å²) in [5.41, 5.74) is 2.44. The van der Waals surface area contributed by atoms with Crippen LogP contribution >= 0.6 is 12.2 Å². The Bertz CT molecular complexity index is 573. The minimum absolute atomic E-state index is 0.0754. The summed E-state index contributed by atoms with van der Waals surface area (Å²) >= 11 is 5.54. The van der Waals surface area contributed by atoms with Crippen molar-refractivity contribution in [3.63, 3.8) is 0 Å². The predicted molar refractivity (Wildman–Crippen MR) is 116 cm³/mol. The second-order valence-electron chi connectivity index (χ2n) is 6.78. The SMILES string of the molecule is CCCCCCCCCNC(=S)NC(c1ccccc1)c1ccccc1. The van der Waals surface area contributed by atoms with Crippen molar-refractivity contribution >= 4 is 17.3 Å².